The van der Waals surface area contributed by atoms with Crippen LogP contribution in [0.2, 0.25) is 0 Å². The number of esters is 1. The van der Waals surface area contributed by atoms with Gasteiger partial charge in [-0.1, -0.05) is 12.1 Å². The molecule has 16 heavy (non-hydrogen) atoms. The van der Waals surface area contributed by atoms with Crippen LogP contribution in [0.25, 0.3) is 0 Å². The molecule has 1 aromatic rings. The van der Waals surface area contributed by atoms with E-state index in [0.29, 0.717) is 5.56 Å². The number of halogens is 2. The highest BCUT2D eigenvalue weighted by atomic mass is 19.1. The summed E-state index contributed by atoms with van der Waals surface area (Å²) >= 11 is 0. The number of rotatable bonds is 3. The summed E-state index contributed by atoms with van der Waals surface area (Å²) in [4.78, 5) is 11.3. The average molecular weight is 226 g/mol. The van der Waals surface area contributed by atoms with Crippen molar-refractivity contribution in [1.29, 1.82) is 0 Å². The van der Waals surface area contributed by atoms with E-state index >= 15 is 0 Å². The van der Waals surface area contributed by atoms with E-state index in [1.807, 2.05) is 0 Å². The Morgan fingerprint density at radius 3 is 2.69 bits per heavy atom. The lowest BCUT2D eigenvalue weighted by molar-refractivity contribution is -0.145. The van der Waals surface area contributed by atoms with E-state index in [1.54, 1.807) is 6.92 Å². The zero-order valence-corrected chi connectivity index (χ0v) is 8.87. The second kappa shape index (κ2) is 3.85. The average Bonchev–Trinajstić information content (AvgIpc) is 2.93. The molecule has 0 amide bonds. The Hall–Kier alpha value is -1.45. The smallest absolute Gasteiger partial charge is 0.312 e. The lowest BCUT2D eigenvalue weighted by atomic mass is 10.1. The van der Waals surface area contributed by atoms with Crippen LogP contribution in [0.1, 0.15) is 18.9 Å². The minimum atomic E-state index is -1.67. The molecule has 0 aliphatic heterocycles. The van der Waals surface area contributed by atoms with Gasteiger partial charge in [-0.2, -0.15) is 0 Å². The third-order valence-corrected chi connectivity index (χ3v) is 2.79. The Morgan fingerprint density at radius 1 is 1.50 bits per heavy atom. The molecule has 0 N–H and O–H groups in total. The van der Waals surface area contributed by atoms with Crippen LogP contribution in [0.15, 0.2) is 24.3 Å². The topological polar surface area (TPSA) is 26.3 Å². The molecule has 1 saturated carbocycles. The molecule has 0 unspecified atom stereocenters. The van der Waals surface area contributed by atoms with E-state index in [1.165, 1.54) is 24.3 Å². The molecular formula is C12H12F2O2. The fraction of sp³-hybridized carbons (Fsp3) is 0.417. The summed E-state index contributed by atoms with van der Waals surface area (Å²) in [5.74, 6) is -1.67. The quantitative estimate of drug-likeness (QED) is 0.740. The van der Waals surface area contributed by atoms with E-state index in [2.05, 4.69) is 0 Å². The van der Waals surface area contributed by atoms with Crippen LogP contribution in [-0.2, 0) is 15.2 Å². The van der Waals surface area contributed by atoms with Gasteiger partial charge in [0.1, 0.15) is 11.5 Å². The first-order chi connectivity index (χ1) is 7.58. The van der Waals surface area contributed by atoms with Crippen LogP contribution in [0.3, 0.4) is 0 Å². The van der Waals surface area contributed by atoms with Crippen molar-refractivity contribution in [3.8, 4) is 0 Å². The van der Waals surface area contributed by atoms with Gasteiger partial charge < -0.3 is 4.74 Å². The number of alkyl halides is 1. The van der Waals surface area contributed by atoms with Gasteiger partial charge in [0.2, 0.25) is 0 Å². The molecule has 0 aromatic heterocycles. The van der Waals surface area contributed by atoms with Gasteiger partial charge in [-0.05, 0) is 24.6 Å². The van der Waals surface area contributed by atoms with Crippen LogP contribution in [0.5, 0.6) is 0 Å². The van der Waals surface area contributed by atoms with Crippen LogP contribution in [0, 0.1) is 11.7 Å². The minimum absolute atomic E-state index is 0.122. The molecule has 1 aliphatic rings. The number of benzene rings is 1. The highest BCUT2D eigenvalue weighted by molar-refractivity contribution is 5.78. The minimum Gasteiger partial charge on any atom is -0.466 e. The Labute approximate surface area is 92.2 Å². The van der Waals surface area contributed by atoms with Gasteiger partial charge in [-0.15, -0.1) is 0 Å². The molecule has 0 spiro atoms. The summed E-state index contributed by atoms with van der Waals surface area (Å²) in [5.41, 5.74) is -1.33. The van der Waals surface area contributed by atoms with E-state index < -0.39 is 23.4 Å². The fourth-order valence-corrected chi connectivity index (χ4v) is 1.80. The number of hydrogen-bond donors (Lipinski definition) is 0. The third-order valence-electron chi connectivity index (χ3n) is 2.79. The van der Waals surface area contributed by atoms with Crippen molar-refractivity contribution in [1.82, 2.24) is 0 Å². The predicted octanol–water partition coefficient (Wildman–Crippen LogP) is 2.57. The second-order valence-corrected chi connectivity index (χ2v) is 3.88. The molecule has 0 radical (unpaired) electrons. The molecule has 2 atom stereocenters. The van der Waals surface area contributed by atoms with Gasteiger partial charge in [-0.3, -0.25) is 4.79 Å². The van der Waals surface area contributed by atoms with E-state index in [9.17, 15) is 13.6 Å². The van der Waals surface area contributed by atoms with Crippen molar-refractivity contribution in [3.63, 3.8) is 0 Å². The summed E-state index contributed by atoms with van der Waals surface area (Å²) < 4.78 is 31.6. The number of ether oxygens (including phenoxy) is 1. The summed E-state index contributed by atoms with van der Waals surface area (Å²) in [6.45, 7) is 1.92. The molecule has 1 fully saturated rings. The fourth-order valence-electron chi connectivity index (χ4n) is 1.80. The first-order valence-corrected chi connectivity index (χ1v) is 5.19. The summed E-state index contributed by atoms with van der Waals surface area (Å²) in [5, 5.41) is 0. The number of carbonyl (C=O) groups is 1. The zero-order valence-electron chi connectivity index (χ0n) is 8.87. The molecule has 4 heteroatoms. The summed E-state index contributed by atoms with van der Waals surface area (Å²) in [6, 6.07) is 5.12. The standard InChI is InChI=1S/C12H12F2O2/c1-2-16-11(15)10-7-12(10,14)8-3-5-9(13)6-4-8/h3-6,10H,2,7H2,1H3/t10-,12-/m0/s1. The normalized spacial score (nSPS) is 27.6. The van der Waals surface area contributed by atoms with Crippen LogP contribution in [0.4, 0.5) is 8.78 Å². The van der Waals surface area contributed by atoms with Gasteiger partial charge >= 0.3 is 5.97 Å². The first kappa shape index (κ1) is 11.0. The monoisotopic (exact) mass is 226 g/mol. The van der Waals surface area contributed by atoms with Gasteiger partial charge in [0.05, 0.1) is 12.5 Å². The van der Waals surface area contributed by atoms with Gasteiger partial charge in [0.15, 0.2) is 0 Å². The third kappa shape index (κ3) is 1.79. The lowest BCUT2D eigenvalue weighted by Crippen LogP contribution is -2.13. The number of hydrogen-bond acceptors (Lipinski definition) is 2. The predicted molar refractivity (Wildman–Crippen MR) is 53.9 cm³/mol. The highest BCUT2D eigenvalue weighted by Crippen LogP contribution is 2.56. The zero-order chi connectivity index (χ0) is 11.8. The molecule has 86 valence electrons. The number of carbonyl (C=O) groups excluding carboxylic acids is 1. The van der Waals surface area contributed by atoms with Crippen molar-refractivity contribution >= 4 is 5.97 Å². The largest absolute Gasteiger partial charge is 0.466 e. The van der Waals surface area contributed by atoms with Crippen LogP contribution in [-0.4, -0.2) is 12.6 Å². The lowest BCUT2D eigenvalue weighted by Gasteiger charge is -2.07. The molecule has 2 rings (SSSR count). The van der Waals surface area contributed by atoms with E-state index in [0.717, 1.165) is 0 Å². The Morgan fingerprint density at radius 2 is 2.12 bits per heavy atom. The molecule has 1 aromatic carbocycles. The van der Waals surface area contributed by atoms with Gasteiger partial charge in [-0.25, -0.2) is 8.78 Å². The van der Waals surface area contributed by atoms with Crippen LogP contribution >= 0.6 is 0 Å². The van der Waals surface area contributed by atoms with Crippen LogP contribution < -0.4 is 0 Å². The van der Waals surface area contributed by atoms with Crippen molar-refractivity contribution in [2.75, 3.05) is 6.61 Å². The van der Waals surface area contributed by atoms with Crippen molar-refractivity contribution in [3.05, 3.63) is 35.6 Å². The highest BCUT2D eigenvalue weighted by Gasteiger charge is 2.61. The maximum absolute atomic E-state index is 14.2. The molecule has 0 heterocycles. The molecule has 0 bridgehead atoms. The molecular weight excluding hydrogens is 214 g/mol. The van der Waals surface area contributed by atoms with Gasteiger partial charge in [0, 0.05) is 6.42 Å². The van der Waals surface area contributed by atoms with Gasteiger partial charge in [0.25, 0.3) is 0 Å². The van der Waals surface area contributed by atoms with Crippen molar-refractivity contribution in [2.24, 2.45) is 5.92 Å². The maximum Gasteiger partial charge on any atom is 0.312 e. The van der Waals surface area contributed by atoms with E-state index in [4.69, 9.17) is 4.74 Å². The Balaban J connectivity index is 2.12. The van der Waals surface area contributed by atoms with E-state index in [-0.39, 0.29) is 13.0 Å². The summed E-state index contributed by atoms with van der Waals surface area (Å²) in [7, 11) is 0. The second-order valence-electron chi connectivity index (χ2n) is 3.88. The first-order valence-electron chi connectivity index (χ1n) is 5.19. The van der Waals surface area contributed by atoms with Crippen molar-refractivity contribution in [2.45, 2.75) is 19.0 Å². The Kier molecular flexibility index (Phi) is 2.66. The maximum atomic E-state index is 14.2. The Bertz CT molecular complexity index is 402. The molecule has 0 saturated heterocycles. The summed E-state index contributed by atoms with van der Waals surface area (Å²) in [6.07, 6.45) is 0.122. The SMILES string of the molecule is CCOC(=O)[C@@H]1C[C@]1(F)c1ccc(F)cc1. The molecule has 2 nitrogen and oxygen atoms in total. The van der Waals surface area contributed by atoms with Crippen molar-refractivity contribution < 1.29 is 18.3 Å². The molecule has 1 aliphatic carbocycles.